The van der Waals surface area contributed by atoms with Crippen LogP contribution in [0.4, 0.5) is 0 Å². The molecule has 1 amide bonds. The van der Waals surface area contributed by atoms with Crippen LogP contribution in [0.3, 0.4) is 0 Å². The average molecular weight is 277 g/mol. The zero-order valence-corrected chi connectivity index (χ0v) is 12.0. The molecule has 0 aromatic heterocycles. The van der Waals surface area contributed by atoms with Crippen molar-refractivity contribution in [1.29, 1.82) is 0 Å². The third kappa shape index (κ3) is 3.97. The van der Waals surface area contributed by atoms with Crippen molar-refractivity contribution in [3.05, 3.63) is 29.8 Å². The molecule has 0 heterocycles. The Morgan fingerprint density at radius 3 is 2.45 bits per heavy atom. The van der Waals surface area contributed by atoms with Crippen molar-refractivity contribution in [3.63, 3.8) is 0 Å². The lowest BCUT2D eigenvalue weighted by molar-refractivity contribution is 0.0914. The monoisotopic (exact) mass is 277 g/mol. The molecule has 0 saturated heterocycles. The Balaban J connectivity index is 1.85. The van der Waals surface area contributed by atoms with Gasteiger partial charge in [0.05, 0.1) is 6.61 Å². The van der Waals surface area contributed by atoms with Crippen molar-refractivity contribution >= 4 is 5.91 Å². The van der Waals surface area contributed by atoms with Gasteiger partial charge >= 0.3 is 0 Å². The number of carbonyl (C=O) groups excluding carboxylic acids is 1. The van der Waals surface area contributed by atoms with E-state index in [9.17, 15) is 4.79 Å². The van der Waals surface area contributed by atoms with Gasteiger partial charge in [0.1, 0.15) is 5.75 Å². The topological polar surface area (TPSA) is 58.6 Å². The summed E-state index contributed by atoms with van der Waals surface area (Å²) in [6.45, 7) is 2.82. The molecule has 0 aliphatic heterocycles. The summed E-state index contributed by atoms with van der Waals surface area (Å²) in [5.74, 6) is 1.17. The van der Waals surface area contributed by atoms with Crippen LogP contribution in [0.2, 0.25) is 0 Å². The first kappa shape index (κ1) is 14.9. The minimum absolute atomic E-state index is 0.0273. The Labute approximate surface area is 120 Å². The predicted molar refractivity (Wildman–Crippen MR) is 77.9 cm³/mol. The Morgan fingerprint density at radius 1 is 1.25 bits per heavy atom. The fourth-order valence-electron chi connectivity index (χ4n) is 2.63. The van der Waals surface area contributed by atoms with E-state index in [0.717, 1.165) is 31.4 Å². The highest BCUT2D eigenvalue weighted by molar-refractivity contribution is 5.94. The second-order valence-corrected chi connectivity index (χ2v) is 5.33. The maximum Gasteiger partial charge on any atom is 0.251 e. The Kier molecular flexibility index (Phi) is 5.41. The molecule has 110 valence electrons. The highest BCUT2D eigenvalue weighted by Crippen LogP contribution is 2.24. The first-order chi connectivity index (χ1) is 9.72. The SMILES string of the molecule is CCOc1ccc(C(=O)NC2CCC(CO)CC2)cc1. The third-order valence-corrected chi connectivity index (χ3v) is 3.87. The fraction of sp³-hybridized carbons (Fsp3) is 0.562. The van der Waals surface area contributed by atoms with Crippen LogP contribution in [0.15, 0.2) is 24.3 Å². The standard InChI is InChI=1S/C16H23NO3/c1-2-20-15-9-5-13(6-10-15)16(19)17-14-7-3-12(11-18)4-8-14/h5-6,9-10,12,14,18H,2-4,7-8,11H2,1H3,(H,17,19). The first-order valence-corrected chi connectivity index (χ1v) is 7.37. The first-order valence-electron chi connectivity index (χ1n) is 7.37. The molecule has 4 nitrogen and oxygen atoms in total. The summed E-state index contributed by atoms with van der Waals surface area (Å²) in [4.78, 5) is 12.1. The molecule has 2 N–H and O–H groups in total. The molecular formula is C16H23NO3. The van der Waals surface area contributed by atoms with E-state index < -0.39 is 0 Å². The van der Waals surface area contributed by atoms with Gasteiger partial charge < -0.3 is 15.2 Å². The molecule has 0 unspecified atom stereocenters. The largest absolute Gasteiger partial charge is 0.494 e. The zero-order chi connectivity index (χ0) is 14.4. The number of nitrogens with one attached hydrogen (secondary N) is 1. The summed E-state index contributed by atoms with van der Waals surface area (Å²) in [6.07, 6.45) is 3.89. The van der Waals surface area contributed by atoms with E-state index in [1.807, 2.05) is 19.1 Å². The van der Waals surface area contributed by atoms with Crippen LogP contribution in [0.1, 0.15) is 43.0 Å². The highest BCUT2D eigenvalue weighted by Gasteiger charge is 2.22. The molecule has 0 bridgehead atoms. The fourth-order valence-corrected chi connectivity index (χ4v) is 2.63. The van der Waals surface area contributed by atoms with Crippen LogP contribution in [0, 0.1) is 5.92 Å². The van der Waals surface area contributed by atoms with Crippen LogP contribution >= 0.6 is 0 Å². The molecule has 1 aliphatic carbocycles. The average Bonchev–Trinajstić information content (AvgIpc) is 2.49. The summed E-state index contributed by atoms with van der Waals surface area (Å²) < 4.78 is 5.36. The van der Waals surface area contributed by atoms with Crippen molar-refractivity contribution in [2.75, 3.05) is 13.2 Å². The maximum atomic E-state index is 12.1. The summed E-state index contributed by atoms with van der Waals surface area (Å²) in [7, 11) is 0. The molecule has 1 aliphatic rings. The lowest BCUT2D eigenvalue weighted by Crippen LogP contribution is -2.38. The maximum absolute atomic E-state index is 12.1. The van der Waals surface area contributed by atoms with Crippen LogP contribution in [0.25, 0.3) is 0 Å². The molecule has 1 aromatic rings. The zero-order valence-electron chi connectivity index (χ0n) is 12.0. The van der Waals surface area contributed by atoms with Gasteiger partial charge in [0.15, 0.2) is 0 Å². The van der Waals surface area contributed by atoms with E-state index in [0.29, 0.717) is 18.1 Å². The molecule has 1 saturated carbocycles. The van der Waals surface area contributed by atoms with Gasteiger partial charge in [-0.15, -0.1) is 0 Å². The number of benzene rings is 1. The number of carbonyl (C=O) groups is 1. The number of rotatable bonds is 5. The molecule has 2 rings (SSSR count). The van der Waals surface area contributed by atoms with Gasteiger partial charge in [-0.1, -0.05) is 0 Å². The number of aliphatic hydroxyl groups is 1. The quantitative estimate of drug-likeness (QED) is 0.868. The molecule has 4 heteroatoms. The highest BCUT2D eigenvalue weighted by atomic mass is 16.5. The molecule has 0 spiro atoms. The van der Waals surface area contributed by atoms with E-state index in [1.165, 1.54) is 0 Å². The molecule has 20 heavy (non-hydrogen) atoms. The Morgan fingerprint density at radius 2 is 1.90 bits per heavy atom. The summed E-state index contributed by atoms with van der Waals surface area (Å²) in [5.41, 5.74) is 0.665. The lowest BCUT2D eigenvalue weighted by Gasteiger charge is -2.27. The molecule has 1 aromatic carbocycles. The number of amides is 1. The van der Waals surface area contributed by atoms with Gasteiger partial charge in [-0.3, -0.25) is 4.79 Å². The van der Waals surface area contributed by atoms with Crippen molar-refractivity contribution in [3.8, 4) is 5.75 Å². The van der Waals surface area contributed by atoms with Gasteiger partial charge in [-0.05, 0) is 62.8 Å². The summed E-state index contributed by atoms with van der Waals surface area (Å²) in [5, 5.41) is 12.2. The summed E-state index contributed by atoms with van der Waals surface area (Å²) in [6, 6.07) is 7.46. The van der Waals surface area contributed by atoms with Crippen LogP contribution < -0.4 is 10.1 Å². The van der Waals surface area contributed by atoms with Crippen LogP contribution in [-0.4, -0.2) is 30.3 Å². The molecular weight excluding hydrogens is 254 g/mol. The van der Waals surface area contributed by atoms with Crippen LogP contribution in [-0.2, 0) is 0 Å². The van der Waals surface area contributed by atoms with Gasteiger partial charge in [-0.2, -0.15) is 0 Å². The minimum atomic E-state index is -0.0273. The van der Waals surface area contributed by atoms with Gasteiger partial charge in [0.25, 0.3) is 5.91 Å². The second-order valence-electron chi connectivity index (χ2n) is 5.33. The smallest absolute Gasteiger partial charge is 0.251 e. The lowest BCUT2D eigenvalue weighted by atomic mass is 9.86. The second kappa shape index (κ2) is 7.29. The molecule has 1 fully saturated rings. The van der Waals surface area contributed by atoms with Crippen molar-refractivity contribution < 1.29 is 14.6 Å². The number of hydrogen-bond donors (Lipinski definition) is 2. The number of ether oxygens (including phenoxy) is 1. The van der Waals surface area contributed by atoms with E-state index in [-0.39, 0.29) is 18.6 Å². The Bertz CT molecular complexity index is 422. The van der Waals surface area contributed by atoms with Gasteiger partial charge in [0, 0.05) is 18.2 Å². The van der Waals surface area contributed by atoms with Gasteiger partial charge in [0.2, 0.25) is 0 Å². The summed E-state index contributed by atoms with van der Waals surface area (Å²) >= 11 is 0. The van der Waals surface area contributed by atoms with Gasteiger partial charge in [-0.25, -0.2) is 0 Å². The van der Waals surface area contributed by atoms with E-state index in [1.54, 1.807) is 12.1 Å². The number of hydrogen-bond acceptors (Lipinski definition) is 3. The van der Waals surface area contributed by atoms with E-state index in [4.69, 9.17) is 9.84 Å². The molecule has 0 atom stereocenters. The van der Waals surface area contributed by atoms with Crippen LogP contribution in [0.5, 0.6) is 5.75 Å². The molecule has 0 radical (unpaired) electrons. The Hall–Kier alpha value is -1.55. The normalized spacial score (nSPS) is 22.3. The van der Waals surface area contributed by atoms with Crippen molar-refractivity contribution in [2.24, 2.45) is 5.92 Å². The predicted octanol–water partition coefficient (Wildman–Crippen LogP) is 2.37. The van der Waals surface area contributed by atoms with Crippen molar-refractivity contribution in [2.45, 2.75) is 38.6 Å². The van der Waals surface area contributed by atoms with Crippen molar-refractivity contribution in [1.82, 2.24) is 5.32 Å². The minimum Gasteiger partial charge on any atom is -0.494 e. The van der Waals surface area contributed by atoms with E-state index in [2.05, 4.69) is 5.32 Å². The third-order valence-electron chi connectivity index (χ3n) is 3.87. The number of aliphatic hydroxyl groups excluding tert-OH is 1. The van der Waals surface area contributed by atoms with E-state index >= 15 is 0 Å².